The van der Waals surface area contributed by atoms with Crippen LogP contribution in [0, 0.1) is 11.6 Å². The lowest BCUT2D eigenvalue weighted by Gasteiger charge is -2.13. The fourth-order valence-corrected chi connectivity index (χ4v) is 2.59. The number of ether oxygens (including phenoxy) is 2. The van der Waals surface area contributed by atoms with E-state index in [0.29, 0.717) is 24.0 Å². The standard InChI is InChI=1S/C20H22F2N2O4/c1-27-17-6-3-5-13(19(17)28-2)12-24-18(25)7-4-10-23-20(26)15-9-8-14(21)11-16(15)22/h3,5-6,8-9,11H,4,7,10,12H2,1-2H3,(H,23,26)(H,24,25). The minimum atomic E-state index is -0.928. The zero-order chi connectivity index (χ0) is 20.5. The summed E-state index contributed by atoms with van der Waals surface area (Å²) >= 11 is 0. The summed E-state index contributed by atoms with van der Waals surface area (Å²) in [5.41, 5.74) is 0.534. The van der Waals surface area contributed by atoms with Crippen molar-refractivity contribution in [3.05, 3.63) is 59.2 Å². The Bertz CT molecular complexity index is 843. The minimum Gasteiger partial charge on any atom is -0.493 e. The van der Waals surface area contributed by atoms with Crippen molar-refractivity contribution in [3.63, 3.8) is 0 Å². The van der Waals surface area contributed by atoms with Crippen molar-refractivity contribution in [2.24, 2.45) is 0 Å². The lowest BCUT2D eigenvalue weighted by Crippen LogP contribution is -2.28. The molecule has 0 radical (unpaired) electrons. The normalized spacial score (nSPS) is 10.3. The quantitative estimate of drug-likeness (QED) is 0.644. The van der Waals surface area contributed by atoms with Crippen molar-refractivity contribution >= 4 is 11.8 Å². The van der Waals surface area contributed by atoms with Crippen LogP contribution in [0.4, 0.5) is 8.78 Å². The van der Waals surface area contributed by atoms with Gasteiger partial charge in [-0.3, -0.25) is 9.59 Å². The molecule has 2 N–H and O–H groups in total. The summed E-state index contributed by atoms with van der Waals surface area (Å²) in [5, 5.41) is 5.28. The molecule has 28 heavy (non-hydrogen) atoms. The Labute approximate surface area is 161 Å². The van der Waals surface area contributed by atoms with Crippen molar-refractivity contribution in [2.75, 3.05) is 20.8 Å². The van der Waals surface area contributed by atoms with E-state index in [9.17, 15) is 18.4 Å². The Balaban J connectivity index is 1.75. The molecule has 0 spiro atoms. The third-order valence-corrected chi connectivity index (χ3v) is 4.00. The van der Waals surface area contributed by atoms with Crippen molar-refractivity contribution in [1.82, 2.24) is 10.6 Å². The molecule has 0 saturated heterocycles. The van der Waals surface area contributed by atoms with Gasteiger partial charge in [0.15, 0.2) is 11.5 Å². The van der Waals surface area contributed by atoms with Gasteiger partial charge in [-0.15, -0.1) is 0 Å². The van der Waals surface area contributed by atoms with E-state index in [2.05, 4.69) is 10.6 Å². The monoisotopic (exact) mass is 392 g/mol. The molecular formula is C20H22F2N2O4. The van der Waals surface area contributed by atoms with Crippen LogP contribution in [0.15, 0.2) is 36.4 Å². The first kappa shape index (κ1) is 21.1. The molecule has 0 aliphatic rings. The van der Waals surface area contributed by atoms with Crippen LogP contribution in [0.2, 0.25) is 0 Å². The van der Waals surface area contributed by atoms with Gasteiger partial charge in [0.25, 0.3) is 5.91 Å². The summed E-state index contributed by atoms with van der Waals surface area (Å²) in [7, 11) is 3.06. The average Bonchev–Trinajstić information content (AvgIpc) is 2.68. The number of nitrogens with one attached hydrogen (secondary N) is 2. The van der Waals surface area contributed by atoms with Crippen molar-refractivity contribution in [3.8, 4) is 11.5 Å². The van der Waals surface area contributed by atoms with Crippen molar-refractivity contribution < 1.29 is 27.8 Å². The van der Waals surface area contributed by atoms with Crippen LogP contribution in [0.1, 0.15) is 28.8 Å². The van der Waals surface area contributed by atoms with E-state index >= 15 is 0 Å². The maximum Gasteiger partial charge on any atom is 0.254 e. The number of carbonyl (C=O) groups excluding carboxylic acids is 2. The molecule has 0 unspecified atom stereocenters. The van der Waals surface area contributed by atoms with Crippen LogP contribution in [0.5, 0.6) is 11.5 Å². The highest BCUT2D eigenvalue weighted by Gasteiger charge is 2.13. The first-order chi connectivity index (χ1) is 13.5. The predicted molar refractivity (Wildman–Crippen MR) is 99.3 cm³/mol. The topological polar surface area (TPSA) is 76.7 Å². The molecule has 0 aromatic heterocycles. The second-order valence-electron chi connectivity index (χ2n) is 5.91. The van der Waals surface area contributed by atoms with E-state index in [4.69, 9.17) is 9.47 Å². The van der Waals surface area contributed by atoms with Crippen LogP contribution in [0.25, 0.3) is 0 Å². The molecule has 6 nitrogen and oxygen atoms in total. The number of para-hydroxylation sites is 1. The van der Waals surface area contributed by atoms with Gasteiger partial charge in [-0.05, 0) is 24.6 Å². The highest BCUT2D eigenvalue weighted by Crippen LogP contribution is 2.30. The minimum absolute atomic E-state index is 0.179. The summed E-state index contributed by atoms with van der Waals surface area (Å²) in [5.74, 6) is -1.41. The maximum absolute atomic E-state index is 13.5. The number of carbonyl (C=O) groups is 2. The molecule has 0 aliphatic carbocycles. The summed E-state index contributed by atoms with van der Waals surface area (Å²) in [6, 6.07) is 8.12. The van der Waals surface area contributed by atoms with Crippen LogP contribution in [-0.4, -0.2) is 32.6 Å². The van der Waals surface area contributed by atoms with Crippen LogP contribution >= 0.6 is 0 Å². The van der Waals surface area contributed by atoms with Crippen LogP contribution in [-0.2, 0) is 11.3 Å². The molecule has 150 valence electrons. The van der Waals surface area contributed by atoms with E-state index in [1.165, 1.54) is 14.2 Å². The molecule has 2 aromatic rings. The summed E-state index contributed by atoms with van der Waals surface area (Å²) in [6.07, 6.45) is 0.550. The first-order valence-corrected chi connectivity index (χ1v) is 8.66. The highest BCUT2D eigenvalue weighted by molar-refractivity contribution is 5.94. The Morgan fingerprint density at radius 3 is 2.50 bits per heavy atom. The second-order valence-corrected chi connectivity index (χ2v) is 5.91. The third kappa shape index (κ3) is 5.67. The van der Waals surface area contributed by atoms with Gasteiger partial charge in [0.1, 0.15) is 11.6 Å². The van der Waals surface area contributed by atoms with Crippen molar-refractivity contribution in [1.29, 1.82) is 0 Å². The van der Waals surface area contributed by atoms with E-state index in [1.54, 1.807) is 12.1 Å². The number of halogens is 2. The molecule has 0 atom stereocenters. The first-order valence-electron chi connectivity index (χ1n) is 8.66. The Morgan fingerprint density at radius 2 is 1.82 bits per heavy atom. The summed E-state index contributed by atoms with van der Waals surface area (Å²) < 4.78 is 36.9. The summed E-state index contributed by atoms with van der Waals surface area (Å²) in [4.78, 5) is 23.8. The molecule has 0 fully saturated rings. The van der Waals surface area contributed by atoms with Crippen molar-refractivity contribution in [2.45, 2.75) is 19.4 Å². The number of hydrogen-bond acceptors (Lipinski definition) is 4. The fourth-order valence-electron chi connectivity index (χ4n) is 2.59. The number of methoxy groups -OCH3 is 2. The predicted octanol–water partition coefficient (Wildman–Crippen LogP) is 2.81. The lowest BCUT2D eigenvalue weighted by molar-refractivity contribution is -0.121. The largest absolute Gasteiger partial charge is 0.493 e. The zero-order valence-corrected chi connectivity index (χ0v) is 15.7. The van der Waals surface area contributed by atoms with Gasteiger partial charge in [0, 0.05) is 31.1 Å². The zero-order valence-electron chi connectivity index (χ0n) is 15.7. The van der Waals surface area contributed by atoms with E-state index < -0.39 is 17.5 Å². The highest BCUT2D eigenvalue weighted by atomic mass is 19.1. The molecule has 2 rings (SSSR count). The van der Waals surface area contributed by atoms with Crippen LogP contribution in [0.3, 0.4) is 0 Å². The smallest absolute Gasteiger partial charge is 0.254 e. The second kappa shape index (κ2) is 10.2. The molecule has 2 aromatic carbocycles. The summed E-state index contributed by atoms with van der Waals surface area (Å²) in [6.45, 7) is 0.456. The Morgan fingerprint density at radius 1 is 1.04 bits per heavy atom. The molecule has 0 bridgehead atoms. The number of amides is 2. The SMILES string of the molecule is COc1cccc(CNC(=O)CCCNC(=O)c2ccc(F)cc2F)c1OC. The van der Waals surface area contributed by atoms with Gasteiger partial charge in [-0.2, -0.15) is 0 Å². The number of rotatable bonds is 9. The molecule has 0 saturated carbocycles. The van der Waals surface area contributed by atoms with Gasteiger partial charge < -0.3 is 20.1 Å². The van der Waals surface area contributed by atoms with Gasteiger partial charge in [-0.1, -0.05) is 12.1 Å². The fraction of sp³-hybridized carbons (Fsp3) is 0.300. The molecule has 2 amide bonds. The molecule has 8 heteroatoms. The van der Waals surface area contributed by atoms with E-state index in [-0.39, 0.29) is 31.0 Å². The van der Waals surface area contributed by atoms with Gasteiger partial charge in [0.2, 0.25) is 5.91 Å². The van der Waals surface area contributed by atoms with Gasteiger partial charge in [-0.25, -0.2) is 8.78 Å². The molecule has 0 heterocycles. The van der Waals surface area contributed by atoms with E-state index in [1.807, 2.05) is 6.07 Å². The average molecular weight is 392 g/mol. The Kier molecular flexibility index (Phi) is 7.74. The molecule has 0 aliphatic heterocycles. The molecular weight excluding hydrogens is 370 g/mol. The Hall–Kier alpha value is -3.16. The lowest BCUT2D eigenvalue weighted by atomic mass is 10.1. The van der Waals surface area contributed by atoms with E-state index in [0.717, 1.165) is 17.7 Å². The number of hydrogen-bond donors (Lipinski definition) is 2. The number of benzene rings is 2. The van der Waals surface area contributed by atoms with Gasteiger partial charge in [0.05, 0.1) is 19.8 Å². The van der Waals surface area contributed by atoms with Crippen LogP contribution < -0.4 is 20.1 Å². The third-order valence-electron chi connectivity index (χ3n) is 4.00. The maximum atomic E-state index is 13.5. The van der Waals surface area contributed by atoms with Gasteiger partial charge >= 0.3 is 0 Å².